The molecule has 1 aromatic rings. The van der Waals surface area contributed by atoms with Crippen molar-refractivity contribution in [3.8, 4) is 11.5 Å². The molecule has 4 heteroatoms. The number of likely N-dealkylation sites (tertiary alicyclic amines) is 1. The zero-order chi connectivity index (χ0) is 13.9. The second-order valence-corrected chi connectivity index (χ2v) is 5.84. The summed E-state index contributed by atoms with van der Waals surface area (Å²) in [5, 5.41) is 3.38. The van der Waals surface area contributed by atoms with E-state index in [1.165, 1.54) is 31.5 Å². The number of aryl methyl sites for hydroxylation is 1. The first-order valence-electron chi connectivity index (χ1n) is 7.56. The SMILES string of the molecule is CN[C@@H]1CCN([C@@H](C)CCc2ccc3c(c2)OCO3)C1. The number of nitrogens with one attached hydrogen (secondary N) is 1. The van der Waals surface area contributed by atoms with Crippen LogP contribution in [0.3, 0.4) is 0 Å². The molecular weight excluding hydrogens is 252 g/mol. The zero-order valence-electron chi connectivity index (χ0n) is 12.4. The quantitative estimate of drug-likeness (QED) is 0.892. The van der Waals surface area contributed by atoms with Crippen LogP contribution in [0, 0.1) is 0 Å². The first-order valence-corrected chi connectivity index (χ1v) is 7.56. The summed E-state index contributed by atoms with van der Waals surface area (Å²) in [6, 6.07) is 7.60. The van der Waals surface area contributed by atoms with Crippen molar-refractivity contribution in [3.63, 3.8) is 0 Å². The molecule has 0 spiro atoms. The molecule has 0 aliphatic carbocycles. The number of rotatable bonds is 5. The summed E-state index contributed by atoms with van der Waals surface area (Å²) in [6.07, 6.45) is 3.56. The molecule has 2 aliphatic rings. The average Bonchev–Trinajstić information content (AvgIpc) is 3.12. The van der Waals surface area contributed by atoms with Crippen LogP contribution in [0.5, 0.6) is 11.5 Å². The van der Waals surface area contributed by atoms with E-state index in [0.29, 0.717) is 18.9 Å². The molecule has 0 saturated carbocycles. The molecule has 2 heterocycles. The Morgan fingerprint density at radius 2 is 2.20 bits per heavy atom. The molecule has 0 radical (unpaired) electrons. The molecular formula is C16H24N2O2. The van der Waals surface area contributed by atoms with Crippen LogP contribution >= 0.6 is 0 Å². The van der Waals surface area contributed by atoms with Crippen molar-refractivity contribution in [3.05, 3.63) is 23.8 Å². The summed E-state index contributed by atoms with van der Waals surface area (Å²) >= 11 is 0. The fourth-order valence-electron chi connectivity index (χ4n) is 3.08. The van der Waals surface area contributed by atoms with Gasteiger partial charge in [0.15, 0.2) is 11.5 Å². The molecule has 20 heavy (non-hydrogen) atoms. The molecule has 0 unspecified atom stereocenters. The van der Waals surface area contributed by atoms with Crippen LogP contribution in [0.2, 0.25) is 0 Å². The number of ether oxygens (including phenoxy) is 2. The maximum absolute atomic E-state index is 5.43. The summed E-state index contributed by atoms with van der Waals surface area (Å²) < 4.78 is 10.8. The summed E-state index contributed by atoms with van der Waals surface area (Å²) in [5.74, 6) is 1.77. The number of hydrogen-bond donors (Lipinski definition) is 1. The standard InChI is InChI=1S/C16H24N2O2/c1-12(18-8-7-14(10-18)17-2)3-4-13-5-6-15-16(9-13)20-11-19-15/h5-6,9,12,14,17H,3-4,7-8,10-11H2,1-2H3/t12-,14+/m0/s1. The molecule has 1 saturated heterocycles. The van der Waals surface area contributed by atoms with Crippen LogP contribution in [-0.4, -0.2) is 43.9 Å². The predicted molar refractivity (Wildman–Crippen MR) is 79.4 cm³/mol. The third-order valence-corrected chi connectivity index (χ3v) is 4.54. The van der Waals surface area contributed by atoms with Gasteiger partial charge in [-0.15, -0.1) is 0 Å². The van der Waals surface area contributed by atoms with Crippen molar-refractivity contribution >= 4 is 0 Å². The van der Waals surface area contributed by atoms with Gasteiger partial charge in [-0.2, -0.15) is 0 Å². The first-order chi connectivity index (χ1) is 9.76. The molecule has 0 amide bonds. The van der Waals surface area contributed by atoms with E-state index in [2.05, 4.69) is 36.3 Å². The third kappa shape index (κ3) is 2.91. The van der Waals surface area contributed by atoms with Crippen molar-refractivity contribution in [1.82, 2.24) is 10.2 Å². The lowest BCUT2D eigenvalue weighted by atomic mass is 10.0. The minimum absolute atomic E-state index is 0.356. The largest absolute Gasteiger partial charge is 0.454 e. The second-order valence-electron chi connectivity index (χ2n) is 5.84. The molecule has 1 fully saturated rings. The highest BCUT2D eigenvalue weighted by Crippen LogP contribution is 2.33. The molecule has 4 nitrogen and oxygen atoms in total. The highest BCUT2D eigenvalue weighted by Gasteiger charge is 2.24. The maximum atomic E-state index is 5.43. The van der Waals surface area contributed by atoms with Gasteiger partial charge in [-0.05, 0) is 50.9 Å². The van der Waals surface area contributed by atoms with Gasteiger partial charge >= 0.3 is 0 Å². The van der Waals surface area contributed by atoms with Gasteiger partial charge in [-0.1, -0.05) is 6.07 Å². The van der Waals surface area contributed by atoms with Gasteiger partial charge < -0.3 is 14.8 Å². The second kappa shape index (κ2) is 6.02. The van der Waals surface area contributed by atoms with Crippen LogP contribution in [0.15, 0.2) is 18.2 Å². The van der Waals surface area contributed by atoms with E-state index in [0.717, 1.165) is 17.9 Å². The molecule has 1 aromatic carbocycles. The molecule has 0 bridgehead atoms. The normalized spacial score (nSPS) is 23.2. The minimum Gasteiger partial charge on any atom is -0.454 e. The van der Waals surface area contributed by atoms with Crippen LogP contribution in [-0.2, 0) is 6.42 Å². The topological polar surface area (TPSA) is 33.7 Å². The Hall–Kier alpha value is -1.26. The predicted octanol–water partition coefficient (Wildman–Crippen LogP) is 2.03. The Bertz CT molecular complexity index is 464. The molecule has 1 N–H and O–H groups in total. The van der Waals surface area contributed by atoms with Crippen LogP contribution in [0.4, 0.5) is 0 Å². The van der Waals surface area contributed by atoms with E-state index in [9.17, 15) is 0 Å². The van der Waals surface area contributed by atoms with E-state index in [1.54, 1.807) is 0 Å². The van der Waals surface area contributed by atoms with Gasteiger partial charge in [-0.25, -0.2) is 0 Å². The van der Waals surface area contributed by atoms with E-state index in [4.69, 9.17) is 9.47 Å². The molecule has 110 valence electrons. The van der Waals surface area contributed by atoms with Crippen molar-refractivity contribution in [2.24, 2.45) is 0 Å². The third-order valence-electron chi connectivity index (χ3n) is 4.54. The minimum atomic E-state index is 0.356. The lowest BCUT2D eigenvalue weighted by Gasteiger charge is -2.24. The fourth-order valence-corrected chi connectivity index (χ4v) is 3.08. The Morgan fingerprint density at radius 3 is 3.00 bits per heavy atom. The smallest absolute Gasteiger partial charge is 0.231 e. The van der Waals surface area contributed by atoms with Crippen LogP contribution in [0.1, 0.15) is 25.3 Å². The Labute approximate surface area is 121 Å². The number of likely N-dealkylation sites (N-methyl/N-ethyl adjacent to an activating group) is 1. The zero-order valence-corrected chi connectivity index (χ0v) is 12.4. The summed E-state index contributed by atoms with van der Waals surface area (Å²) in [6.45, 7) is 5.09. The number of hydrogen-bond acceptors (Lipinski definition) is 4. The van der Waals surface area contributed by atoms with Gasteiger partial charge in [0.2, 0.25) is 6.79 Å². The molecule has 3 rings (SSSR count). The maximum Gasteiger partial charge on any atom is 0.231 e. The lowest BCUT2D eigenvalue weighted by molar-refractivity contribution is 0.174. The van der Waals surface area contributed by atoms with Gasteiger partial charge in [-0.3, -0.25) is 4.90 Å². The average molecular weight is 276 g/mol. The van der Waals surface area contributed by atoms with Crippen molar-refractivity contribution in [2.45, 2.75) is 38.3 Å². The van der Waals surface area contributed by atoms with Crippen molar-refractivity contribution in [2.75, 3.05) is 26.9 Å². The van der Waals surface area contributed by atoms with Crippen molar-refractivity contribution in [1.29, 1.82) is 0 Å². The number of nitrogens with zero attached hydrogens (tertiary/aromatic N) is 1. The molecule has 0 aromatic heterocycles. The van der Waals surface area contributed by atoms with Gasteiger partial charge in [0.25, 0.3) is 0 Å². The number of fused-ring (bicyclic) bond motifs is 1. The molecule has 2 aliphatic heterocycles. The van der Waals surface area contributed by atoms with Gasteiger partial charge in [0, 0.05) is 25.2 Å². The van der Waals surface area contributed by atoms with E-state index in [1.807, 2.05) is 6.07 Å². The highest BCUT2D eigenvalue weighted by molar-refractivity contribution is 5.44. The van der Waals surface area contributed by atoms with Gasteiger partial charge in [0.1, 0.15) is 0 Å². The van der Waals surface area contributed by atoms with E-state index < -0.39 is 0 Å². The van der Waals surface area contributed by atoms with E-state index >= 15 is 0 Å². The lowest BCUT2D eigenvalue weighted by Crippen LogP contribution is -2.35. The number of benzene rings is 1. The fraction of sp³-hybridized carbons (Fsp3) is 0.625. The summed E-state index contributed by atoms with van der Waals surface area (Å²) in [5.41, 5.74) is 1.34. The monoisotopic (exact) mass is 276 g/mol. The Balaban J connectivity index is 1.52. The van der Waals surface area contributed by atoms with Gasteiger partial charge in [0.05, 0.1) is 0 Å². The highest BCUT2D eigenvalue weighted by atomic mass is 16.7. The Kier molecular flexibility index (Phi) is 4.13. The van der Waals surface area contributed by atoms with E-state index in [-0.39, 0.29) is 0 Å². The Morgan fingerprint density at radius 1 is 1.35 bits per heavy atom. The summed E-state index contributed by atoms with van der Waals surface area (Å²) in [7, 11) is 2.06. The van der Waals surface area contributed by atoms with Crippen LogP contribution < -0.4 is 14.8 Å². The van der Waals surface area contributed by atoms with Crippen molar-refractivity contribution < 1.29 is 9.47 Å². The van der Waals surface area contributed by atoms with Crippen LogP contribution in [0.25, 0.3) is 0 Å². The summed E-state index contributed by atoms with van der Waals surface area (Å²) in [4.78, 5) is 2.59. The molecule has 2 atom stereocenters. The first kappa shape index (κ1) is 13.7.